The van der Waals surface area contributed by atoms with Gasteiger partial charge in [0.25, 0.3) is 5.91 Å². The lowest BCUT2D eigenvalue weighted by Gasteiger charge is -2.05. The van der Waals surface area contributed by atoms with Crippen LogP contribution >= 0.6 is 0 Å². The summed E-state index contributed by atoms with van der Waals surface area (Å²) in [5, 5.41) is 8.74. The number of benzene rings is 2. The maximum atomic E-state index is 10.6. The standard InChI is InChI=1S/C15H12N2O2/c16-9-11-1-3-12(4-2-11)13-5-7-14(8-6-13)19-10-15(17)18/h1-8H,10H2,(H2,17,18). The van der Waals surface area contributed by atoms with Crippen molar-refractivity contribution in [1.82, 2.24) is 0 Å². The molecule has 94 valence electrons. The van der Waals surface area contributed by atoms with Crippen LogP contribution in [0.15, 0.2) is 48.5 Å². The van der Waals surface area contributed by atoms with Crippen molar-refractivity contribution in [2.24, 2.45) is 5.73 Å². The topological polar surface area (TPSA) is 76.1 Å². The lowest BCUT2D eigenvalue weighted by molar-refractivity contribution is -0.119. The molecule has 2 aromatic rings. The average Bonchev–Trinajstić information content (AvgIpc) is 2.46. The number of rotatable bonds is 4. The van der Waals surface area contributed by atoms with Crippen molar-refractivity contribution in [3.63, 3.8) is 0 Å². The van der Waals surface area contributed by atoms with Gasteiger partial charge in [0.1, 0.15) is 5.75 Å². The number of hydrogen-bond acceptors (Lipinski definition) is 3. The molecule has 4 nitrogen and oxygen atoms in total. The Labute approximate surface area is 111 Å². The normalized spacial score (nSPS) is 9.63. The monoisotopic (exact) mass is 252 g/mol. The van der Waals surface area contributed by atoms with E-state index >= 15 is 0 Å². The minimum atomic E-state index is -0.504. The zero-order valence-corrected chi connectivity index (χ0v) is 10.2. The van der Waals surface area contributed by atoms with Crippen LogP contribution in [0.1, 0.15) is 5.56 Å². The average molecular weight is 252 g/mol. The Balaban J connectivity index is 2.13. The van der Waals surface area contributed by atoms with Crippen molar-refractivity contribution in [2.45, 2.75) is 0 Å². The fourth-order valence-electron chi connectivity index (χ4n) is 1.64. The van der Waals surface area contributed by atoms with Crippen molar-refractivity contribution < 1.29 is 9.53 Å². The van der Waals surface area contributed by atoms with Crippen LogP contribution in [-0.4, -0.2) is 12.5 Å². The molecule has 0 bridgehead atoms. The van der Waals surface area contributed by atoms with Crippen molar-refractivity contribution in [3.8, 4) is 22.9 Å². The fourth-order valence-corrected chi connectivity index (χ4v) is 1.64. The third-order valence-corrected chi connectivity index (χ3v) is 2.58. The van der Waals surface area contributed by atoms with Crippen LogP contribution in [0.5, 0.6) is 5.75 Å². The molecule has 4 heteroatoms. The third kappa shape index (κ3) is 3.33. The highest BCUT2D eigenvalue weighted by Gasteiger charge is 2.00. The van der Waals surface area contributed by atoms with Crippen molar-refractivity contribution >= 4 is 5.91 Å². The maximum Gasteiger partial charge on any atom is 0.255 e. The summed E-state index contributed by atoms with van der Waals surface area (Å²) in [6.07, 6.45) is 0. The highest BCUT2D eigenvalue weighted by Crippen LogP contribution is 2.22. The van der Waals surface area contributed by atoms with E-state index in [1.54, 1.807) is 24.3 Å². The SMILES string of the molecule is N#Cc1ccc(-c2ccc(OCC(N)=O)cc2)cc1. The number of nitrogens with zero attached hydrogens (tertiary/aromatic N) is 1. The van der Waals surface area contributed by atoms with Gasteiger partial charge in [0.15, 0.2) is 6.61 Å². The number of carbonyl (C=O) groups is 1. The molecule has 0 unspecified atom stereocenters. The van der Waals surface area contributed by atoms with E-state index in [-0.39, 0.29) is 6.61 Å². The molecule has 0 radical (unpaired) electrons. The molecule has 2 rings (SSSR count). The highest BCUT2D eigenvalue weighted by molar-refractivity contribution is 5.75. The maximum absolute atomic E-state index is 10.6. The van der Waals surface area contributed by atoms with Crippen LogP contribution in [-0.2, 0) is 4.79 Å². The number of carbonyl (C=O) groups excluding carboxylic acids is 1. The second-order valence-corrected chi connectivity index (χ2v) is 3.97. The van der Waals surface area contributed by atoms with Crippen molar-refractivity contribution in [2.75, 3.05) is 6.61 Å². The van der Waals surface area contributed by atoms with Crippen LogP contribution in [0.3, 0.4) is 0 Å². The van der Waals surface area contributed by atoms with Gasteiger partial charge < -0.3 is 10.5 Å². The molecule has 0 fully saturated rings. The molecular formula is C15H12N2O2. The Kier molecular flexibility index (Phi) is 3.79. The summed E-state index contributed by atoms with van der Waals surface area (Å²) in [6, 6.07) is 16.7. The number of ether oxygens (including phenoxy) is 1. The van der Waals surface area contributed by atoms with Gasteiger partial charge in [0, 0.05) is 0 Å². The van der Waals surface area contributed by atoms with Crippen LogP contribution in [0.4, 0.5) is 0 Å². The zero-order valence-electron chi connectivity index (χ0n) is 10.2. The first kappa shape index (κ1) is 12.7. The molecule has 0 atom stereocenters. The first-order valence-corrected chi connectivity index (χ1v) is 5.71. The number of nitrogens with two attached hydrogens (primary N) is 1. The van der Waals surface area contributed by atoms with Gasteiger partial charge in [-0.1, -0.05) is 24.3 Å². The molecular weight excluding hydrogens is 240 g/mol. The second-order valence-electron chi connectivity index (χ2n) is 3.97. The summed E-state index contributed by atoms with van der Waals surface area (Å²) in [6.45, 7) is -0.129. The summed E-state index contributed by atoms with van der Waals surface area (Å²) in [7, 11) is 0. The molecule has 0 saturated heterocycles. The van der Waals surface area contributed by atoms with Gasteiger partial charge in [-0.15, -0.1) is 0 Å². The summed E-state index contributed by atoms with van der Waals surface area (Å²) in [5.74, 6) is 0.0902. The quantitative estimate of drug-likeness (QED) is 0.905. The molecule has 0 heterocycles. The molecule has 0 aliphatic heterocycles. The molecule has 0 aromatic heterocycles. The van der Waals surface area contributed by atoms with E-state index in [9.17, 15) is 4.79 Å². The Morgan fingerprint density at radius 3 is 2.05 bits per heavy atom. The minimum Gasteiger partial charge on any atom is -0.484 e. The van der Waals surface area contributed by atoms with E-state index < -0.39 is 5.91 Å². The van der Waals surface area contributed by atoms with E-state index in [2.05, 4.69) is 6.07 Å². The van der Waals surface area contributed by atoms with Gasteiger partial charge in [-0.2, -0.15) is 5.26 Å². The van der Waals surface area contributed by atoms with Crippen LogP contribution < -0.4 is 10.5 Å². The molecule has 2 N–H and O–H groups in total. The number of nitriles is 1. The van der Waals surface area contributed by atoms with E-state index in [4.69, 9.17) is 15.7 Å². The summed E-state index contributed by atoms with van der Waals surface area (Å²) >= 11 is 0. The zero-order chi connectivity index (χ0) is 13.7. The Morgan fingerprint density at radius 2 is 1.58 bits per heavy atom. The predicted octanol–water partition coefficient (Wildman–Crippen LogP) is 2.09. The summed E-state index contributed by atoms with van der Waals surface area (Å²) in [4.78, 5) is 10.6. The lowest BCUT2D eigenvalue weighted by atomic mass is 10.0. The van der Waals surface area contributed by atoms with Gasteiger partial charge in [-0.05, 0) is 35.4 Å². The molecule has 19 heavy (non-hydrogen) atoms. The summed E-state index contributed by atoms with van der Waals surface area (Å²) in [5.41, 5.74) is 7.65. The first-order chi connectivity index (χ1) is 9.19. The molecule has 0 saturated carbocycles. The Bertz CT molecular complexity index is 610. The molecule has 0 aliphatic carbocycles. The number of primary amides is 1. The van der Waals surface area contributed by atoms with Gasteiger partial charge in [0.05, 0.1) is 11.6 Å². The fraction of sp³-hybridized carbons (Fsp3) is 0.0667. The van der Waals surface area contributed by atoms with Crippen molar-refractivity contribution in [1.29, 1.82) is 5.26 Å². The van der Waals surface area contributed by atoms with E-state index in [1.807, 2.05) is 24.3 Å². The van der Waals surface area contributed by atoms with Crippen LogP contribution in [0.25, 0.3) is 11.1 Å². The van der Waals surface area contributed by atoms with Gasteiger partial charge >= 0.3 is 0 Å². The van der Waals surface area contributed by atoms with Gasteiger partial charge in [-0.3, -0.25) is 4.79 Å². The van der Waals surface area contributed by atoms with E-state index in [0.29, 0.717) is 11.3 Å². The minimum absolute atomic E-state index is 0.129. The van der Waals surface area contributed by atoms with E-state index in [0.717, 1.165) is 11.1 Å². The number of amides is 1. The molecule has 0 aliphatic rings. The predicted molar refractivity (Wildman–Crippen MR) is 71.3 cm³/mol. The van der Waals surface area contributed by atoms with Gasteiger partial charge in [-0.25, -0.2) is 0 Å². The van der Waals surface area contributed by atoms with Crippen LogP contribution in [0, 0.1) is 11.3 Å². The van der Waals surface area contributed by atoms with Crippen LogP contribution in [0.2, 0.25) is 0 Å². The highest BCUT2D eigenvalue weighted by atomic mass is 16.5. The molecule has 2 aromatic carbocycles. The largest absolute Gasteiger partial charge is 0.484 e. The second kappa shape index (κ2) is 5.69. The molecule has 1 amide bonds. The summed E-state index contributed by atoms with van der Waals surface area (Å²) < 4.78 is 5.18. The van der Waals surface area contributed by atoms with Gasteiger partial charge in [0.2, 0.25) is 0 Å². The Hall–Kier alpha value is -2.80. The van der Waals surface area contributed by atoms with Crippen molar-refractivity contribution in [3.05, 3.63) is 54.1 Å². The van der Waals surface area contributed by atoms with E-state index in [1.165, 1.54) is 0 Å². The lowest BCUT2D eigenvalue weighted by Crippen LogP contribution is -2.19. The Morgan fingerprint density at radius 1 is 1.05 bits per heavy atom. The smallest absolute Gasteiger partial charge is 0.255 e. The number of hydrogen-bond donors (Lipinski definition) is 1. The third-order valence-electron chi connectivity index (χ3n) is 2.58. The molecule has 0 spiro atoms. The first-order valence-electron chi connectivity index (χ1n) is 5.71.